The zero-order chi connectivity index (χ0) is 18.8. The normalized spacial score (nSPS) is 11.1. The van der Waals surface area contributed by atoms with Crippen molar-refractivity contribution in [3.05, 3.63) is 70.6 Å². The standard InChI is InChI=1S/C21H22N4OS/c1-14-11-18(16(3)25(14)20-12-15(2)26-24-20)19-13-27-21(23-19)22-10-9-17-7-5-4-6-8-17/h4-8,11-13H,9-10H2,1-3H3,(H,22,23). The maximum atomic E-state index is 5.23. The predicted octanol–water partition coefficient (Wildman–Crippen LogP) is 5.17. The molecule has 138 valence electrons. The highest BCUT2D eigenvalue weighted by atomic mass is 32.1. The molecule has 0 unspecified atom stereocenters. The number of nitrogens with one attached hydrogen (secondary N) is 1. The van der Waals surface area contributed by atoms with Gasteiger partial charge in [-0.25, -0.2) is 4.98 Å². The van der Waals surface area contributed by atoms with Gasteiger partial charge in [0.1, 0.15) is 5.76 Å². The molecule has 0 saturated carbocycles. The monoisotopic (exact) mass is 378 g/mol. The van der Waals surface area contributed by atoms with Gasteiger partial charge in [-0.3, -0.25) is 4.57 Å². The van der Waals surface area contributed by atoms with Crippen molar-refractivity contribution in [2.24, 2.45) is 0 Å². The van der Waals surface area contributed by atoms with Crippen LogP contribution in [0.5, 0.6) is 0 Å². The number of anilines is 1. The van der Waals surface area contributed by atoms with Gasteiger partial charge in [0.25, 0.3) is 0 Å². The molecule has 0 radical (unpaired) electrons. The molecule has 4 aromatic rings. The second kappa shape index (κ2) is 7.40. The lowest BCUT2D eigenvalue weighted by atomic mass is 10.1. The molecule has 0 spiro atoms. The Morgan fingerprint density at radius 1 is 1.11 bits per heavy atom. The number of rotatable bonds is 6. The largest absolute Gasteiger partial charge is 0.361 e. The molecular formula is C21H22N4OS. The van der Waals surface area contributed by atoms with Crippen molar-refractivity contribution in [3.63, 3.8) is 0 Å². The van der Waals surface area contributed by atoms with E-state index in [0.717, 1.165) is 52.3 Å². The first-order valence-corrected chi connectivity index (χ1v) is 9.86. The van der Waals surface area contributed by atoms with E-state index in [2.05, 4.69) is 64.6 Å². The zero-order valence-electron chi connectivity index (χ0n) is 15.7. The van der Waals surface area contributed by atoms with Gasteiger partial charge in [0.2, 0.25) is 0 Å². The zero-order valence-corrected chi connectivity index (χ0v) is 16.5. The van der Waals surface area contributed by atoms with Gasteiger partial charge >= 0.3 is 0 Å². The molecular weight excluding hydrogens is 356 g/mol. The van der Waals surface area contributed by atoms with Crippen LogP contribution in [0.15, 0.2) is 52.4 Å². The Morgan fingerprint density at radius 2 is 1.93 bits per heavy atom. The fraction of sp³-hybridized carbons (Fsp3) is 0.238. The van der Waals surface area contributed by atoms with E-state index in [4.69, 9.17) is 9.51 Å². The molecule has 6 heteroatoms. The minimum Gasteiger partial charge on any atom is -0.361 e. The van der Waals surface area contributed by atoms with E-state index in [1.54, 1.807) is 11.3 Å². The third-order valence-electron chi connectivity index (χ3n) is 4.59. The molecule has 0 aliphatic rings. The Labute approximate surface area is 162 Å². The average molecular weight is 379 g/mol. The summed E-state index contributed by atoms with van der Waals surface area (Å²) in [5.74, 6) is 1.61. The van der Waals surface area contributed by atoms with Crippen molar-refractivity contribution < 1.29 is 4.52 Å². The maximum absolute atomic E-state index is 5.23. The van der Waals surface area contributed by atoms with Crippen LogP contribution in [-0.2, 0) is 6.42 Å². The van der Waals surface area contributed by atoms with Crippen LogP contribution in [0.2, 0.25) is 0 Å². The summed E-state index contributed by atoms with van der Waals surface area (Å²) >= 11 is 1.64. The van der Waals surface area contributed by atoms with Crippen molar-refractivity contribution in [1.29, 1.82) is 0 Å². The molecule has 0 saturated heterocycles. The van der Waals surface area contributed by atoms with Crippen LogP contribution in [0.4, 0.5) is 5.13 Å². The number of thiazole rings is 1. The first-order chi connectivity index (χ1) is 13.1. The molecule has 0 fully saturated rings. The van der Waals surface area contributed by atoms with E-state index in [0.29, 0.717) is 0 Å². The molecule has 3 heterocycles. The highest BCUT2D eigenvalue weighted by molar-refractivity contribution is 7.14. The van der Waals surface area contributed by atoms with Gasteiger partial charge < -0.3 is 9.84 Å². The smallest absolute Gasteiger partial charge is 0.183 e. The van der Waals surface area contributed by atoms with Crippen LogP contribution in [0.1, 0.15) is 22.7 Å². The second-order valence-electron chi connectivity index (χ2n) is 6.62. The Hall–Kier alpha value is -2.86. The molecule has 5 nitrogen and oxygen atoms in total. The first-order valence-electron chi connectivity index (χ1n) is 8.98. The van der Waals surface area contributed by atoms with Gasteiger partial charge in [0, 0.05) is 34.9 Å². The molecule has 0 aliphatic carbocycles. The summed E-state index contributed by atoms with van der Waals surface area (Å²) in [6, 6.07) is 14.6. The SMILES string of the molecule is Cc1cc(-n2c(C)cc(-c3csc(NCCc4ccccc4)n3)c2C)no1. The maximum Gasteiger partial charge on any atom is 0.183 e. The van der Waals surface area contributed by atoms with Crippen LogP contribution in [0, 0.1) is 20.8 Å². The Balaban J connectivity index is 1.50. The van der Waals surface area contributed by atoms with E-state index in [9.17, 15) is 0 Å². The van der Waals surface area contributed by atoms with Gasteiger partial charge in [0.15, 0.2) is 10.9 Å². The highest BCUT2D eigenvalue weighted by Crippen LogP contribution is 2.31. The summed E-state index contributed by atoms with van der Waals surface area (Å²) in [6.45, 7) is 6.94. The fourth-order valence-corrected chi connectivity index (χ4v) is 4.01. The molecule has 0 atom stereocenters. The number of hydrogen-bond donors (Lipinski definition) is 1. The molecule has 0 bridgehead atoms. The van der Waals surface area contributed by atoms with E-state index >= 15 is 0 Å². The third-order valence-corrected chi connectivity index (χ3v) is 5.39. The van der Waals surface area contributed by atoms with E-state index in [1.165, 1.54) is 5.56 Å². The topological polar surface area (TPSA) is 55.9 Å². The lowest BCUT2D eigenvalue weighted by molar-refractivity contribution is 0.394. The van der Waals surface area contributed by atoms with Gasteiger partial charge in [-0.05, 0) is 38.8 Å². The van der Waals surface area contributed by atoms with E-state index < -0.39 is 0 Å². The third kappa shape index (κ3) is 3.66. The lowest BCUT2D eigenvalue weighted by Gasteiger charge is -2.04. The number of aromatic nitrogens is 3. The van der Waals surface area contributed by atoms with Gasteiger partial charge in [-0.2, -0.15) is 0 Å². The van der Waals surface area contributed by atoms with Gasteiger partial charge in [-0.15, -0.1) is 11.3 Å². The lowest BCUT2D eigenvalue weighted by Crippen LogP contribution is -2.04. The summed E-state index contributed by atoms with van der Waals surface area (Å²) in [5, 5.41) is 10.6. The van der Waals surface area contributed by atoms with Crippen molar-refractivity contribution in [2.75, 3.05) is 11.9 Å². The molecule has 3 aromatic heterocycles. The average Bonchev–Trinajstić information content (AvgIpc) is 3.36. The quantitative estimate of drug-likeness (QED) is 0.503. The van der Waals surface area contributed by atoms with Crippen LogP contribution in [0.25, 0.3) is 17.1 Å². The number of benzene rings is 1. The molecule has 1 aromatic carbocycles. The Morgan fingerprint density at radius 3 is 2.67 bits per heavy atom. The summed E-state index contributed by atoms with van der Waals surface area (Å²) in [7, 11) is 0. The van der Waals surface area contributed by atoms with Crippen LogP contribution in [-0.4, -0.2) is 21.3 Å². The Kier molecular flexibility index (Phi) is 4.81. The minimum absolute atomic E-state index is 0.803. The molecule has 4 rings (SSSR count). The fourth-order valence-electron chi connectivity index (χ4n) is 3.27. The van der Waals surface area contributed by atoms with Crippen molar-refractivity contribution >= 4 is 16.5 Å². The predicted molar refractivity (Wildman–Crippen MR) is 110 cm³/mol. The van der Waals surface area contributed by atoms with Crippen molar-refractivity contribution in [2.45, 2.75) is 27.2 Å². The first kappa shape index (κ1) is 17.5. The highest BCUT2D eigenvalue weighted by Gasteiger charge is 2.16. The molecule has 0 amide bonds. The summed E-state index contributed by atoms with van der Waals surface area (Å²) < 4.78 is 7.34. The number of nitrogens with zero attached hydrogens (tertiary/aromatic N) is 3. The van der Waals surface area contributed by atoms with Gasteiger partial charge in [-0.1, -0.05) is 35.5 Å². The summed E-state index contributed by atoms with van der Waals surface area (Å²) in [4.78, 5) is 4.78. The second-order valence-corrected chi connectivity index (χ2v) is 7.47. The van der Waals surface area contributed by atoms with Crippen LogP contribution >= 0.6 is 11.3 Å². The number of aryl methyl sites for hydroxylation is 2. The molecule has 27 heavy (non-hydrogen) atoms. The van der Waals surface area contributed by atoms with Gasteiger partial charge in [0.05, 0.1) is 5.69 Å². The van der Waals surface area contributed by atoms with E-state index in [1.807, 2.05) is 19.1 Å². The summed E-state index contributed by atoms with van der Waals surface area (Å²) in [5.41, 5.74) is 5.67. The van der Waals surface area contributed by atoms with E-state index in [-0.39, 0.29) is 0 Å². The van der Waals surface area contributed by atoms with Crippen LogP contribution in [0.3, 0.4) is 0 Å². The van der Waals surface area contributed by atoms with Crippen molar-refractivity contribution in [1.82, 2.24) is 14.7 Å². The minimum atomic E-state index is 0.803. The molecule has 0 aliphatic heterocycles. The number of hydrogen-bond acceptors (Lipinski definition) is 5. The Bertz CT molecular complexity index is 1050. The van der Waals surface area contributed by atoms with Crippen molar-refractivity contribution in [3.8, 4) is 17.1 Å². The van der Waals surface area contributed by atoms with Crippen LogP contribution < -0.4 is 5.32 Å². The summed E-state index contributed by atoms with van der Waals surface area (Å²) in [6.07, 6.45) is 0.982. The molecule has 1 N–H and O–H groups in total.